The number of hydrogen-bond donors (Lipinski definition) is 2. The van der Waals surface area contributed by atoms with E-state index in [1.54, 1.807) is 18.2 Å². The highest BCUT2D eigenvalue weighted by atomic mass is 16.6. The number of nitrogens with one attached hydrogen (secondary N) is 2. The minimum Gasteiger partial charge on any atom is -0.493 e. The first-order chi connectivity index (χ1) is 18.0. The molecule has 3 aliphatic rings. The standard InChI is InChI=1S/C27H29N5O5/c1-17-8-10-28-26(33)19-4-6-22(24(13-19)32(34)35)23-9-11-29-27(31-23)30-21-5-7-25(37-15-18-2-3-18)20(12-21)16-36-14-17/h4-7,9,11-13,17-18H,2-3,8,10,14-16H2,1H3,(H,28,33)(H,29,30,31). The number of carbonyl (C=O) groups is 1. The molecule has 1 saturated carbocycles. The summed E-state index contributed by atoms with van der Waals surface area (Å²) in [5.41, 5.74) is 2.36. The number of nitro groups is 1. The van der Waals surface area contributed by atoms with Gasteiger partial charge in [-0.3, -0.25) is 14.9 Å². The quantitative estimate of drug-likeness (QED) is 0.381. The van der Waals surface area contributed by atoms with Gasteiger partial charge in [-0.2, -0.15) is 0 Å². The Bertz CT molecular complexity index is 1310. The summed E-state index contributed by atoms with van der Waals surface area (Å²) >= 11 is 0. The SMILES string of the molecule is CC1CCNC(=O)c2ccc(c([N+](=O)[O-])c2)-c2ccnc(n2)Nc2ccc(OCC3CC3)c(c2)COC1. The highest BCUT2D eigenvalue weighted by Gasteiger charge is 2.23. The number of hydrogen-bond acceptors (Lipinski definition) is 8. The van der Waals surface area contributed by atoms with Crippen LogP contribution in [0.2, 0.25) is 0 Å². The van der Waals surface area contributed by atoms with Crippen molar-refractivity contribution in [2.24, 2.45) is 11.8 Å². The second kappa shape index (κ2) is 10.9. The number of fused-ring (bicyclic) bond motifs is 9. The lowest BCUT2D eigenvalue weighted by atomic mass is 10.1. The van der Waals surface area contributed by atoms with E-state index < -0.39 is 4.92 Å². The predicted molar refractivity (Wildman–Crippen MR) is 138 cm³/mol. The van der Waals surface area contributed by atoms with Crippen LogP contribution in [0.5, 0.6) is 5.75 Å². The summed E-state index contributed by atoms with van der Waals surface area (Å²) < 4.78 is 12.1. The highest BCUT2D eigenvalue weighted by molar-refractivity contribution is 5.96. The smallest absolute Gasteiger partial charge is 0.279 e. The fraction of sp³-hybridized carbons (Fsp3) is 0.370. The second-order valence-electron chi connectivity index (χ2n) is 9.62. The van der Waals surface area contributed by atoms with E-state index in [9.17, 15) is 14.9 Å². The van der Waals surface area contributed by atoms with E-state index in [0.29, 0.717) is 55.9 Å². The predicted octanol–water partition coefficient (Wildman–Crippen LogP) is 4.87. The Labute approximate surface area is 214 Å². The second-order valence-corrected chi connectivity index (χ2v) is 9.62. The zero-order valence-corrected chi connectivity index (χ0v) is 20.6. The average molecular weight is 504 g/mol. The summed E-state index contributed by atoms with van der Waals surface area (Å²) in [5.74, 6) is 1.54. The van der Waals surface area contributed by atoms with Crippen molar-refractivity contribution in [1.29, 1.82) is 0 Å². The van der Waals surface area contributed by atoms with Gasteiger partial charge in [0.1, 0.15) is 5.75 Å². The molecule has 1 aliphatic carbocycles. The number of nitrogens with zero attached hydrogens (tertiary/aromatic N) is 3. The Kier molecular flexibility index (Phi) is 7.27. The van der Waals surface area contributed by atoms with Crippen molar-refractivity contribution in [2.75, 3.05) is 25.1 Å². The van der Waals surface area contributed by atoms with Gasteiger partial charge < -0.3 is 20.1 Å². The maximum atomic E-state index is 12.7. The van der Waals surface area contributed by atoms with Crippen molar-refractivity contribution in [3.63, 3.8) is 0 Å². The van der Waals surface area contributed by atoms with Gasteiger partial charge in [-0.1, -0.05) is 6.92 Å². The molecule has 10 heteroatoms. The van der Waals surface area contributed by atoms with Crippen molar-refractivity contribution < 1.29 is 19.2 Å². The molecule has 10 nitrogen and oxygen atoms in total. The number of aromatic nitrogens is 2. The van der Waals surface area contributed by atoms with Crippen molar-refractivity contribution in [3.8, 4) is 17.0 Å². The normalized spacial score (nSPS) is 18.1. The van der Waals surface area contributed by atoms with Gasteiger partial charge in [0.05, 0.1) is 29.4 Å². The van der Waals surface area contributed by atoms with Gasteiger partial charge in [0.2, 0.25) is 5.95 Å². The zero-order chi connectivity index (χ0) is 25.8. The van der Waals surface area contributed by atoms with Crippen LogP contribution in [0.3, 0.4) is 0 Å². The Hall–Kier alpha value is -4.05. The first-order valence-corrected chi connectivity index (χ1v) is 12.5. The van der Waals surface area contributed by atoms with Crippen molar-refractivity contribution in [1.82, 2.24) is 15.3 Å². The first-order valence-electron chi connectivity index (χ1n) is 12.5. The summed E-state index contributed by atoms with van der Waals surface area (Å²) in [7, 11) is 0. The molecule has 2 N–H and O–H groups in total. The van der Waals surface area contributed by atoms with Crippen molar-refractivity contribution in [2.45, 2.75) is 32.8 Å². The van der Waals surface area contributed by atoms with Gasteiger partial charge in [-0.25, -0.2) is 9.97 Å². The van der Waals surface area contributed by atoms with Crippen LogP contribution in [-0.4, -0.2) is 40.6 Å². The molecule has 1 fully saturated rings. The van der Waals surface area contributed by atoms with E-state index >= 15 is 0 Å². The molecule has 6 bridgehead atoms. The van der Waals surface area contributed by atoms with Gasteiger partial charge >= 0.3 is 0 Å². The maximum absolute atomic E-state index is 12.7. The molecule has 2 aromatic carbocycles. The van der Waals surface area contributed by atoms with Crippen LogP contribution in [0.1, 0.15) is 42.1 Å². The summed E-state index contributed by atoms with van der Waals surface area (Å²) in [6.45, 7) is 4.08. The third kappa shape index (κ3) is 6.21. The third-order valence-electron chi connectivity index (χ3n) is 6.46. The molecular weight excluding hydrogens is 474 g/mol. The van der Waals surface area contributed by atoms with E-state index in [2.05, 4.69) is 27.5 Å². The lowest BCUT2D eigenvalue weighted by molar-refractivity contribution is -0.384. The van der Waals surface area contributed by atoms with E-state index in [1.165, 1.54) is 25.1 Å². The van der Waals surface area contributed by atoms with Crippen molar-refractivity contribution >= 4 is 23.2 Å². The minimum absolute atomic E-state index is 0.198. The summed E-state index contributed by atoms with van der Waals surface area (Å²) in [4.78, 5) is 32.8. The van der Waals surface area contributed by atoms with Gasteiger partial charge in [0.15, 0.2) is 0 Å². The first kappa shape index (κ1) is 24.6. The molecule has 0 spiro atoms. The maximum Gasteiger partial charge on any atom is 0.279 e. The van der Waals surface area contributed by atoms with Crippen LogP contribution in [0.25, 0.3) is 11.3 Å². The molecule has 37 heavy (non-hydrogen) atoms. The van der Waals surface area contributed by atoms with E-state index in [1.807, 2.05) is 18.2 Å². The number of nitro benzene ring substituents is 1. The van der Waals surface area contributed by atoms with Gasteiger partial charge in [-0.15, -0.1) is 0 Å². The third-order valence-corrected chi connectivity index (χ3v) is 6.46. The number of anilines is 2. The van der Waals surface area contributed by atoms with Crippen LogP contribution >= 0.6 is 0 Å². The molecule has 0 saturated heterocycles. The van der Waals surface area contributed by atoms with Gasteiger partial charge in [0.25, 0.3) is 11.6 Å². The lowest BCUT2D eigenvalue weighted by Crippen LogP contribution is -2.26. The molecule has 1 aromatic heterocycles. The van der Waals surface area contributed by atoms with Gasteiger partial charge in [-0.05, 0) is 67.5 Å². The van der Waals surface area contributed by atoms with Gasteiger partial charge in [0, 0.05) is 42.2 Å². The minimum atomic E-state index is -0.504. The largest absolute Gasteiger partial charge is 0.493 e. The Morgan fingerprint density at radius 2 is 2.03 bits per heavy atom. The molecule has 1 unspecified atom stereocenters. The fourth-order valence-electron chi connectivity index (χ4n) is 4.13. The van der Waals surface area contributed by atoms with Crippen LogP contribution in [0, 0.1) is 22.0 Å². The molecule has 3 heterocycles. The molecular formula is C27H29N5O5. The zero-order valence-electron chi connectivity index (χ0n) is 20.6. The number of ether oxygens (including phenoxy) is 2. The summed E-state index contributed by atoms with van der Waals surface area (Å²) in [5, 5.41) is 17.9. The molecule has 1 amide bonds. The Morgan fingerprint density at radius 3 is 2.84 bits per heavy atom. The molecule has 6 rings (SSSR count). The topological polar surface area (TPSA) is 129 Å². The molecule has 192 valence electrons. The summed E-state index contributed by atoms with van der Waals surface area (Å²) in [6.07, 6.45) is 4.65. The fourth-order valence-corrected chi connectivity index (χ4v) is 4.13. The number of benzene rings is 2. The number of carbonyl (C=O) groups excluding carboxylic acids is 1. The van der Waals surface area contributed by atoms with E-state index in [-0.39, 0.29) is 23.1 Å². The lowest BCUT2D eigenvalue weighted by Gasteiger charge is -2.16. The molecule has 3 aromatic rings. The molecule has 0 radical (unpaired) electrons. The van der Waals surface area contributed by atoms with E-state index in [4.69, 9.17) is 9.47 Å². The Morgan fingerprint density at radius 1 is 1.16 bits per heavy atom. The molecule has 1 atom stereocenters. The van der Waals surface area contributed by atoms with Crippen LogP contribution in [-0.2, 0) is 11.3 Å². The van der Waals surface area contributed by atoms with E-state index in [0.717, 1.165) is 17.0 Å². The molecule has 2 aliphatic heterocycles. The Balaban J connectivity index is 1.49. The van der Waals surface area contributed by atoms with Crippen LogP contribution in [0.15, 0.2) is 48.7 Å². The monoisotopic (exact) mass is 503 g/mol. The van der Waals surface area contributed by atoms with Crippen molar-refractivity contribution in [3.05, 3.63) is 69.9 Å². The highest BCUT2D eigenvalue weighted by Crippen LogP contribution is 2.33. The number of rotatable bonds is 4. The number of amides is 1. The summed E-state index contributed by atoms with van der Waals surface area (Å²) in [6, 6.07) is 11.8. The van der Waals surface area contributed by atoms with Crippen LogP contribution < -0.4 is 15.4 Å². The van der Waals surface area contributed by atoms with Crippen LogP contribution in [0.4, 0.5) is 17.3 Å². The average Bonchev–Trinajstić information content (AvgIpc) is 3.72.